The maximum atomic E-state index is 5.49. The fraction of sp³-hybridized carbons (Fsp3) is 0.176. The van der Waals surface area contributed by atoms with Gasteiger partial charge in [-0.15, -0.1) is 11.3 Å². The largest absolute Gasteiger partial charge is 0.496 e. The van der Waals surface area contributed by atoms with Crippen molar-refractivity contribution < 1.29 is 9.47 Å². The number of thiophene rings is 1. The molecule has 0 atom stereocenters. The Kier molecular flexibility index (Phi) is 4.17. The summed E-state index contributed by atoms with van der Waals surface area (Å²) in [6, 6.07) is 14.7. The van der Waals surface area contributed by atoms with Crippen LogP contribution in [0.1, 0.15) is 10.4 Å². The van der Waals surface area contributed by atoms with Crippen molar-refractivity contribution in [1.82, 2.24) is 0 Å². The molecule has 1 heterocycles. The molecule has 0 bridgehead atoms. The first-order chi connectivity index (χ1) is 10.2. The fourth-order valence-corrected chi connectivity index (χ4v) is 4.01. The van der Waals surface area contributed by atoms with E-state index in [1.54, 1.807) is 14.2 Å². The summed E-state index contributed by atoms with van der Waals surface area (Å²) in [6.45, 7) is 0. The average molecular weight is 363 g/mol. The summed E-state index contributed by atoms with van der Waals surface area (Å²) in [7, 11) is 3.35. The molecule has 2 nitrogen and oxygen atoms in total. The van der Waals surface area contributed by atoms with Gasteiger partial charge < -0.3 is 9.47 Å². The lowest BCUT2D eigenvalue weighted by Gasteiger charge is -2.11. The minimum Gasteiger partial charge on any atom is -0.496 e. The Balaban J connectivity index is 1.98. The van der Waals surface area contributed by atoms with Crippen LogP contribution >= 0.6 is 27.3 Å². The van der Waals surface area contributed by atoms with Crippen molar-refractivity contribution in [2.24, 2.45) is 0 Å². The van der Waals surface area contributed by atoms with E-state index < -0.39 is 0 Å². The van der Waals surface area contributed by atoms with Crippen molar-refractivity contribution >= 4 is 37.4 Å². The van der Waals surface area contributed by atoms with Gasteiger partial charge in [-0.05, 0) is 39.5 Å². The lowest BCUT2D eigenvalue weighted by atomic mass is 10.1. The van der Waals surface area contributed by atoms with E-state index in [1.807, 2.05) is 17.4 Å². The number of rotatable bonds is 4. The van der Waals surface area contributed by atoms with Crippen LogP contribution in [0, 0.1) is 0 Å². The summed E-state index contributed by atoms with van der Waals surface area (Å²) in [4.78, 5) is 1.33. The number of benzene rings is 2. The van der Waals surface area contributed by atoms with Crippen LogP contribution in [0.5, 0.6) is 11.5 Å². The van der Waals surface area contributed by atoms with Crippen LogP contribution in [-0.4, -0.2) is 14.2 Å². The first kappa shape index (κ1) is 14.4. The Hall–Kier alpha value is -1.52. The number of hydrogen-bond donors (Lipinski definition) is 0. The monoisotopic (exact) mass is 362 g/mol. The van der Waals surface area contributed by atoms with Gasteiger partial charge in [0, 0.05) is 27.6 Å². The molecule has 0 saturated heterocycles. The van der Waals surface area contributed by atoms with Crippen LogP contribution < -0.4 is 9.47 Å². The summed E-state index contributed by atoms with van der Waals surface area (Å²) in [6.07, 6.45) is 0.852. The predicted octanol–water partition coefficient (Wildman–Crippen LogP) is 5.27. The molecule has 0 aliphatic rings. The molecule has 0 fully saturated rings. The molecule has 0 aliphatic heterocycles. The summed E-state index contributed by atoms with van der Waals surface area (Å²) < 4.78 is 13.1. The van der Waals surface area contributed by atoms with E-state index in [2.05, 4.69) is 52.3 Å². The third kappa shape index (κ3) is 2.92. The molecular weight excluding hydrogens is 348 g/mol. The summed E-state index contributed by atoms with van der Waals surface area (Å²) >= 11 is 5.37. The first-order valence-electron chi connectivity index (χ1n) is 6.59. The van der Waals surface area contributed by atoms with Gasteiger partial charge in [0.15, 0.2) is 0 Å². The maximum absolute atomic E-state index is 5.49. The van der Waals surface area contributed by atoms with Crippen LogP contribution in [0.4, 0.5) is 0 Å². The van der Waals surface area contributed by atoms with Gasteiger partial charge in [-0.2, -0.15) is 0 Å². The van der Waals surface area contributed by atoms with Gasteiger partial charge in [-0.3, -0.25) is 0 Å². The Labute approximate surface area is 136 Å². The number of ether oxygens (including phenoxy) is 2. The highest BCUT2D eigenvalue weighted by atomic mass is 79.9. The molecule has 3 rings (SSSR count). The summed E-state index contributed by atoms with van der Waals surface area (Å²) in [5.74, 6) is 1.64. The van der Waals surface area contributed by atoms with Crippen LogP contribution in [-0.2, 0) is 6.42 Å². The van der Waals surface area contributed by atoms with E-state index in [1.165, 1.54) is 15.0 Å². The topological polar surface area (TPSA) is 18.5 Å². The Morgan fingerprint density at radius 2 is 1.76 bits per heavy atom. The van der Waals surface area contributed by atoms with Gasteiger partial charge in [0.05, 0.1) is 18.7 Å². The molecule has 0 aliphatic carbocycles. The van der Waals surface area contributed by atoms with Crippen molar-refractivity contribution in [3.63, 3.8) is 0 Å². The van der Waals surface area contributed by atoms with Gasteiger partial charge in [0.25, 0.3) is 0 Å². The Morgan fingerprint density at radius 1 is 1.00 bits per heavy atom. The van der Waals surface area contributed by atoms with Gasteiger partial charge in [0.1, 0.15) is 11.5 Å². The Morgan fingerprint density at radius 3 is 2.48 bits per heavy atom. The molecule has 0 radical (unpaired) electrons. The number of fused-ring (bicyclic) bond motifs is 1. The van der Waals surface area contributed by atoms with Gasteiger partial charge in [-0.1, -0.05) is 18.2 Å². The summed E-state index contributed by atoms with van der Waals surface area (Å²) in [5, 5.41) is 1.30. The van der Waals surface area contributed by atoms with Crippen molar-refractivity contribution in [2.45, 2.75) is 6.42 Å². The SMILES string of the molecule is COc1cc(OC)c(Cc2cc3ccccc3s2)cc1Br. The molecule has 0 spiro atoms. The lowest BCUT2D eigenvalue weighted by Crippen LogP contribution is -1.95. The predicted molar refractivity (Wildman–Crippen MR) is 91.9 cm³/mol. The van der Waals surface area contributed by atoms with Gasteiger partial charge in [-0.25, -0.2) is 0 Å². The maximum Gasteiger partial charge on any atom is 0.136 e. The highest BCUT2D eigenvalue weighted by Crippen LogP contribution is 2.35. The number of methoxy groups -OCH3 is 2. The minimum absolute atomic E-state index is 0.784. The summed E-state index contributed by atoms with van der Waals surface area (Å²) in [5.41, 5.74) is 1.15. The molecule has 21 heavy (non-hydrogen) atoms. The van der Waals surface area contributed by atoms with Crippen molar-refractivity contribution in [3.8, 4) is 11.5 Å². The Bertz CT molecular complexity index is 747. The second-order valence-electron chi connectivity index (χ2n) is 4.73. The zero-order valence-electron chi connectivity index (χ0n) is 11.9. The lowest BCUT2D eigenvalue weighted by molar-refractivity contribution is 0.390. The normalized spacial score (nSPS) is 10.8. The van der Waals surface area contributed by atoms with E-state index in [0.717, 1.165) is 28.0 Å². The molecule has 0 saturated carbocycles. The van der Waals surface area contributed by atoms with Crippen molar-refractivity contribution in [3.05, 3.63) is 57.4 Å². The third-order valence-corrected chi connectivity index (χ3v) is 5.13. The fourth-order valence-electron chi connectivity index (χ4n) is 2.37. The second-order valence-corrected chi connectivity index (χ2v) is 6.75. The van der Waals surface area contributed by atoms with E-state index in [9.17, 15) is 0 Å². The number of halogens is 1. The third-order valence-electron chi connectivity index (χ3n) is 3.40. The van der Waals surface area contributed by atoms with Crippen molar-refractivity contribution in [2.75, 3.05) is 14.2 Å². The van der Waals surface area contributed by atoms with Gasteiger partial charge in [0.2, 0.25) is 0 Å². The van der Waals surface area contributed by atoms with E-state index in [-0.39, 0.29) is 0 Å². The minimum atomic E-state index is 0.784. The zero-order chi connectivity index (χ0) is 14.8. The molecule has 2 aromatic carbocycles. The highest BCUT2D eigenvalue weighted by Gasteiger charge is 2.11. The van der Waals surface area contributed by atoms with E-state index in [0.29, 0.717) is 0 Å². The van der Waals surface area contributed by atoms with E-state index in [4.69, 9.17) is 9.47 Å². The molecule has 4 heteroatoms. The van der Waals surface area contributed by atoms with Gasteiger partial charge >= 0.3 is 0 Å². The van der Waals surface area contributed by atoms with Crippen molar-refractivity contribution in [1.29, 1.82) is 0 Å². The second kappa shape index (κ2) is 6.08. The molecular formula is C17H15BrO2S. The molecule has 0 N–H and O–H groups in total. The molecule has 108 valence electrons. The average Bonchev–Trinajstić information content (AvgIpc) is 2.89. The molecule has 0 unspecified atom stereocenters. The first-order valence-corrected chi connectivity index (χ1v) is 8.20. The van der Waals surface area contributed by atoms with Crippen LogP contribution in [0.2, 0.25) is 0 Å². The molecule has 3 aromatic rings. The molecule has 0 amide bonds. The van der Waals surface area contributed by atoms with Crippen LogP contribution in [0.25, 0.3) is 10.1 Å². The zero-order valence-corrected chi connectivity index (χ0v) is 14.3. The smallest absolute Gasteiger partial charge is 0.136 e. The quantitative estimate of drug-likeness (QED) is 0.629. The molecule has 1 aromatic heterocycles. The highest BCUT2D eigenvalue weighted by molar-refractivity contribution is 9.10. The van der Waals surface area contributed by atoms with Crippen LogP contribution in [0.3, 0.4) is 0 Å². The van der Waals surface area contributed by atoms with Crippen LogP contribution in [0.15, 0.2) is 46.9 Å². The van der Waals surface area contributed by atoms with E-state index >= 15 is 0 Å². The number of hydrogen-bond acceptors (Lipinski definition) is 3. The standard InChI is InChI=1S/C17H15BrO2S/c1-19-15-10-16(20-2)14(18)9-12(15)8-13-7-11-5-3-4-6-17(11)21-13/h3-7,9-10H,8H2,1-2H3.